The topological polar surface area (TPSA) is 117 Å². The van der Waals surface area contributed by atoms with Crippen molar-refractivity contribution < 1.29 is 29.0 Å². The van der Waals surface area contributed by atoms with Crippen LogP contribution < -0.4 is 15.4 Å². The molecule has 9 heteroatoms. The zero-order valence-corrected chi connectivity index (χ0v) is 24.4. The van der Waals surface area contributed by atoms with Crippen LogP contribution in [0, 0.1) is 0 Å². The maximum atomic E-state index is 14.3. The van der Waals surface area contributed by atoms with Crippen molar-refractivity contribution in [3.8, 4) is 11.5 Å². The molecule has 2 atom stereocenters. The summed E-state index contributed by atoms with van der Waals surface area (Å²) in [5.74, 6) is -0.145. The van der Waals surface area contributed by atoms with Crippen LogP contribution in [0.5, 0.6) is 11.5 Å². The van der Waals surface area contributed by atoms with Crippen molar-refractivity contribution in [3.05, 3.63) is 90.0 Å². The molecule has 9 nitrogen and oxygen atoms in total. The Kier molecular flexibility index (Phi) is 10.4. The van der Waals surface area contributed by atoms with Crippen LogP contribution in [0.25, 0.3) is 0 Å². The van der Waals surface area contributed by atoms with E-state index in [4.69, 9.17) is 9.47 Å². The molecule has 0 saturated carbocycles. The normalized spacial score (nSPS) is 12.7. The van der Waals surface area contributed by atoms with Crippen molar-refractivity contribution in [1.29, 1.82) is 0 Å². The number of phenolic OH excluding ortho intramolecular Hbond substituents is 1. The molecule has 0 spiro atoms. The average Bonchev–Trinajstić information content (AvgIpc) is 2.91. The van der Waals surface area contributed by atoms with Crippen molar-refractivity contribution in [1.82, 2.24) is 10.2 Å². The molecule has 0 fully saturated rings. The molecule has 0 radical (unpaired) electrons. The molecule has 3 aromatic rings. The second-order valence-corrected chi connectivity index (χ2v) is 10.9. The number of alkyl carbamates (subject to hydrolysis) is 1. The SMILES string of the molecule is COc1ccc(NC(=O)C(c2ccccc2)N(C(=O)C(Cc2ccc(O)cc2)NC(=O)OC(C)(C)C)C(C)C)cc1. The minimum Gasteiger partial charge on any atom is -0.508 e. The van der Waals surface area contributed by atoms with Crippen LogP contribution in [0.4, 0.5) is 10.5 Å². The van der Waals surface area contributed by atoms with Crippen LogP contribution in [-0.4, -0.2) is 52.7 Å². The summed E-state index contributed by atoms with van der Waals surface area (Å²) in [5.41, 5.74) is 1.08. The predicted molar refractivity (Wildman–Crippen MR) is 158 cm³/mol. The number of hydrogen-bond acceptors (Lipinski definition) is 6. The molecule has 0 aliphatic carbocycles. The Labute approximate surface area is 241 Å². The van der Waals surface area contributed by atoms with E-state index in [1.54, 1.807) is 88.5 Å². The van der Waals surface area contributed by atoms with Gasteiger partial charge in [0, 0.05) is 18.2 Å². The Balaban J connectivity index is 2.01. The number of methoxy groups -OCH3 is 1. The van der Waals surface area contributed by atoms with Crippen LogP contribution >= 0.6 is 0 Å². The highest BCUT2D eigenvalue weighted by Gasteiger charge is 2.38. The molecule has 3 aromatic carbocycles. The van der Waals surface area contributed by atoms with E-state index >= 15 is 0 Å². The van der Waals surface area contributed by atoms with Gasteiger partial charge >= 0.3 is 6.09 Å². The van der Waals surface area contributed by atoms with Gasteiger partial charge in [0.1, 0.15) is 29.2 Å². The average molecular weight is 562 g/mol. The van der Waals surface area contributed by atoms with E-state index in [-0.39, 0.29) is 12.2 Å². The summed E-state index contributed by atoms with van der Waals surface area (Å²) in [5, 5.41) is 15.4. The predicted octanol–water partition coefficient (Wildman–Crippen LogP) is 5.45. The lowest BCUT2D eigenvalue weighted by molar-refractivity contribution is -0.142. The first-order valence-electron chi connectivity index (χ1n) is 13.5. The van der Waals surface area contributed by atoms with Gasteiger partial charge in [0.25, 0.3) is 5.91 Å². The minimum absolute atomic E-state index is 0.0832. The largest absolute Gasteiger partial charge is 0.508 e. The lowest BCUT2D eigenvalue weighted by atomic mass is 9.98. The highest BCUT2D eigenvalue weighted by Crippen LogP contribution is 2.27. The van der Waals surface area contributed by atoms with Crippen molar-refractivity contribution in [2.24, 2.45) is 0 Å². The Hall–Kier alpha value is -4.53. The van der Waals surface area contributed by atoms with Crippen molar-refractivity contribution in [3.63, 3.8) is 0 Å². The van der Waals surface area contributed by atoms with Gasteiger partial charge in [-0.15, -0.1) is 0 Å². The molecule has 0 aliphatic heterocycles. The van der Waals surface area contributed by atoms with Gasteiger partial charge in [0.2, 0.25) is 5.91 Å². The smallest absolute Gasteiger partial charge is 0.408 e. The zero-order chi connectivity index (χ0) is 30.2. The van der Waals surface area contributed by atoms with E-state index in [1.165, 1.54) is 17.0 Å². The number of hydrogen-bond donors (Lipinski definition) is 3. The van der Waals surface area contributed by atoms with Crippen molar-refractivity contribution >= 4 is 23.6 Å². The number of benzene rings is 3. The summed E-state index contributed by atoms with van der Waals surface area (Å²) in [6.07, 6.45) is -0.638. The van der Waals surface area contributed by atoms with Crippen LogP contribution in [-0.2, 0) is 20.7 Å². The summed E-state index contributed by atoms with van der Waals surface area (Å²) in [7, 11) is 1.56. The summed E-state index contributed by atoms with van der Waals surface area (Å²) in [6.45, 7) is 8.84. The molecule has 2 unspecified atom stereocenters. The number of carbonyl (C=O) groups excluding carboxylic acids is 3. The number of aromatic hydroxyl groups is 1. The summed E-state index contributed by atoms with van der Waals surface area (Å²) >= 11 is 0. The Morgan fingerprint density at radius 3 is 2.05 bits per heavy atom. The maximum Gasteiger partial charge on any atom is 0.408 e. The lowest BCUT2D eigenvalue weighted by Gasteiger charge is -2.37. The Bertz CT molecular complexity index is 1300. The molecule has 0 heterocycles. The van der Waals surface area contributed by atoms with Gasteiger partial charge in [-0.1, -0.05) is 42.5 Å². The molecule has 0 bridgehead atoms. The van der Waals surface area contributed by atoms with Gasteiger partial charge in [0.05, 0.1) is 7.11 Å². The molecule has 0 aromatic heterocycles. The molecule has 3 N–H and O–H groups in total. The molecule has 3 amide bonds. The first kappa shape index (κ1) is 31.0. The highest BCUT2D eigenvalue weighted by atomic mass is 16.6. The third kappa shape index (κ3) is 8.99. The Morgan fingerprint density at radius 2 is 1.51 bits per heavy atom. The quantitative estimate of drug-likeness (QED) is 0.303. The van der Waals surface area contributed by atoms with Gasteiger partial charge in [-0.05, 0) is 82.1 Å². The number of nitrogens with zero attached hydrogens (tertiary/aromatic N) is 1. The Morgan fingerprint density at radius 1 is 0.902 bits per heavy atom. The first-order chi connectivity index (χ1) is 19.4. The summed E-state index contributed by atoms with van der Waals surface area (Å²) < 4.78 is 10.7. The third-order valence-corrected chi connectivity index (χ3v) is 6.18. The van der Waals surface area contributed by atoms with E-state index in [1.807, 2.05) is 19.9 Å². The molecule has 0 saturated heterocycles. The summed E-state index contributed by atoms with van der Waals surface area (Å²) in [4.78, 5) is 42.5. The van der Waals surface area contributed by atoms with Gasteiger partial charge in [0.15, 0.2) is 0 Å². The first-order valence-corrected chi connectivity index (χ1v) is 13.5. The fourth-order valence-corrected chi connectivity index (χ4v) is 4.34. The fraction of sp³-hybridized carbons (Fsp3) is 0.344. The maximum absolute atomic E-state index is 14.3. The van der Waals surface area contributed by atoms with Crippen LogP contribution in [0.1, 0.15) is 51.8 Å². The second kappa shape index (κ2) is 13.7. The highest BCUT2D eigenvalue weighted by molar-refractivity contribution is 5.99. The molecule has 0 aliphatic rings. The van der Waals surface area contributed by atoms with E-state index in [2.05, 4.69) is 10.6 Å². The molecule has 41 heavy (non-hydrogen) atoms. The number of amides is 3. The number of rotatable bonds is 10. The monoisotopic (exact) mass is 561 g/mol. The van der Waals surface area contributed by atoms with Crippen LogP contribution in [0.3, 0.4) is 0 Å². The minimum atomic E-state index is -1.06. The number of anilines is 1. The number of ether oxygens (including phenoxy) is 2. The van der Waals surface area contributed by atoms with Gasteiger partial charge in [-0.25, -0.2) is 4.79 Å². The second-order valence-electron chi connectivity index (χ2n) is 10.9. The van der Waals surface area contributed by atoms with Gasteiger partial charge in [-0.2, -0.15) is 0 Å². The number of nitrogens with one attached hydrogen (secondary N) is 2. The van der Waals surface area contributed by atoms with E-state index in [0.29, 0.717) is 22.6 Å². The molecule has 218 valence electrons. The summed E-state index contributed by atoms with van der Waals surface area (Å²) in [6, 6.07) is 19.8. The molecular formula is C32H39N3O6. The van der Waals surface area contributed by atoms with Crippen LogP contribution in [0.2, 0.25) is 0 Å². The van der Waals surface area contributed by atoms with E-state index in [9.17, 15) is 19.5 Å². The molecular weight excluding hydrogens is 522 g/mol. The van der Waals surface area contributed by atoms with Gasteiger partial charge in [-0.3, -0.25) is 9.59 Å². The van der Waals surface area contributed by atoms with Crippen molar-refractivity contribution in [2.75, 3.05) is 12.4 Å². The zero-order valence-electron chi connectivity index (χ0n) is 24.4. The van der Waals surface area contributed by atoms with Gasteiger partial charge < -0.3 is 30.1 Å². The molecule has 3 rings (SSSR count). The number of carbonyl (C=O) groups is 3. The third-order valence-electron chi connectivity index (χ3n) is 6.18. The van der Waals surface area contributed by atoms with E-state index < -0.39 is 41.6 Å². The van der Waals surface area contributed by atoms with E-state index in [0.717, 1.165) is 0 Å². The van der Waals surface area contributed by atoms with Crippen molar-refractivity contribution in [2.45, 2.75) is 64.8 Å². The standard InChI is InChI=1S/C32H39N3O6/c1-21(2)35(28(23-10-8-7-9-11-23)29(37)33-24-14-18-26(40-6)19-15-24)30(38)27(34-31(39)41-32(3,4)5)20-22-12-16-25(36)17-13-22/h7-19,21,27-28,36H,20H2,1-6H3,(H,33,37)(H,34,39). The fourth-order valence-electron chi connectivity index (χ4n) is 4.34. The number of phenols is 1. The lowest BCUT2D eigenvalue weighted by Crippen LogP contribution is -2.55. The van der Waals surface area contributed by atoms with Crippen LogP contribution in [0.15, 0.2) is 78.9 Å².